The smallest absolute Gasteiger partial charge is 0.261 e. The molecular weight excluding hydrogens is 324 g/mol. The summed E-state index contributed by atoms with van der Waals surface area (Å²) in [6.45, 7) is 2.62. The highest BCUT2D eigenvalue weighted by Gasteiger charge is 2.31. The Bertz CT molecular complexity index is 813. The lowest BCUT2D eigenvalue weighted by atomic mass is 10.2. The van der Waals surface area contributed by atoms with Crippen molar-refractivity contribution < 1.29 is 13.2 Å². The molecule has 3 rings (SSSR count). The maximum atomic E-state index is 12.5. The molecule has 1 amide bonds. The zero-order valence-electron chi connectivity index (χ0n) is 13.5. The van der Waals surface area contributed by atoms with Gasteiger partial charge in [-0.2, -0.15) is 0 Å². The fourth-order valence-corrected chi connectivity index (χ4v) is 3.68. The summed E-state index contributed by atoms with van der Waals surface area (Å²) in [7, 11) is -3.66. The lowest BCUT2D eigenvalue weighted by molar-refractivity contribution is 0.0752. The minimum Gasteiger partial charge on any atom is -0.336 e. The van der Waals surface area contributed by atoms with Gasteiger partial charge < -0.3 is 4.90 Å². The largest absolute Gasteiger partial charge is 0.336 e. The van der Waals surface area contributed by atoms with Crippen molar-refractivity contribution in [3.63, 3.8) is 0 Å². The van der Waals surface area contributed by atoms with Crippen LogP contribution in [0.5, 0.6) is 0 Å². The fraction of sp³-hybridized carbons (Fsp3) is 0.278. The van der Waals surface area contributed by atoms with E-state index in [1.165, 1.54) is 12.1 Å². The average molecular weight is 344 g/mol. The molecule has 2 aromatic rings. The molecule has 0 heterocycles. The van der Waals surface area contributed by atoms with Crippen LogP contribution in [0, 0.1) is 0 Å². The number of nitrogens with one attached hydrogen (secondary N) is 1. The second kappa shape index (κ2) is 6.65. The Morgan fingerprint density at radius 1 is 1.08 bits per heavy atom. The Labute approximate surface area is 142 Å². The van der Waals surface area contributed by atoms with Crippen LogP contribution in [0.4, 0.5) is 5.69 Å². The first-order valence-electron chi connectivity index (χ1n) is 8.00. The Balaban J connectivity index is 1.77. The second-order valence-electron chi connectivity index (χ2n) is 5.82. The summed E-state index contributed by atoms with van der Waals surface area (Å²) >= 11 is 0. The molecule has 0 aromatic heterocycles. The second-order valence-corrected chi connectivity index (χ2v) is 7.50. The average Bonchev–Trinajstić information content (AvgIpc) is 3.41. The van der Waals surface area contributed by atoms with E-state index < -0.39 is 10.0 Å². The normalized spacial score (nSPS) is 14.2. The van der Waals surface area contributed by atoms with Crippen molar-refractivity contribution in [3.05, 3.63) is 60.2 Å². The lowest BCUT2D eigenvalue weighted by Gasteiger charge is -2.20. The van der Waals surface area contributed by atoms with Crippen LogP contribution in [0.3, 0.4) is 0 Å². The van der Waals surface area contributed by atoms with Gasteiger partial charge in [-0.05, 0) is 56.2 Å². The van der Waals surface area contributed by atoms with E-state index in [1.54, 1.807) is 36.4 Å². The van der Waals surface area contributed by atoms with E-state index in [4.69, 9.17) is 0 Å². The maximum Gasteiger partial charge on any atom is 0.261 e. The Morgan fingerprint density at radius 2 is 1.71 bits per heavy atom. The summed E-state index contributed by atoms with van der Waals surface area (Å²) in [6.07, 6.45) is 2.10. The summed E-state index contributed by atoms with van der Waals surface area (Å²) in [6, 6.07) is 15.1. The highest BCUT2D eigenvalue weighted by molar-refractivity contribution is 7.92. The minimum absolute atomic E-state index is 0.0417. The molecule has 24 heavy (non-hydrogen) atoms. The summed E-state index contributed by atoms with van der Waals surface area (Å²) < 4.78 is 27.3. The molecule has 1 fully saturated rings. The summed E-state index contributed by atoms with van der Waals surface area (Å²) in [5.41, 5.74) is 1.02. The molecule has 0 bridgehead atoms. The molecule has 1 saturated carbocycles. The fourth-order valence-electron chi connectivity index (χ4n) is 2.62. The highest BCUT2D eigenvalue weighted by Crippen LogP contribution is 2.28. The number of anilines is 1. The molecule has 0 spiro atoms. The molecule has 2 aromatic carbocycles. The third-order valence-electron chi connectivity index (χ3n) is 4.03. The number of benzene rings is 2. The maximum absolute atomic E-state index is 12.5. The van der Waals surface area contributed by atoms with E-state index in [0.717, 1.165) is 12.8 Å². The first-order chi connectivity index (χ1) is 11.5. The van der Waals surface area contributed by atoms with E-state index in [-0.39, 0.29) is 10.8 Å². The molecule has 0 saturated heterocycles. The van der Waals surface area contributed by atoms with Gasteiger partial charge in [0.2, 0.25) is 0 Å². The molecule has 0 aliphatic heterocycles. The third-order valence-corrected chi connectivity index (χ3v) is 5.42. The van der Waals surface area contributed by atoms with Crippen LogP contribution in [0.1, 0.15) is 30.1 Å². The van der Waals surface area contributed by atoms with Gasteiger partial charge in [-0.3, -0.25) is 9.52 Å². The predicted octanol–water partition coefficient (Wildman–Crippen LogP) is 3.11. The van der Waals surface area contributed by atoms with Gasteiger partial charge in [0.15, 0.2) is 0 Å². The van der Waals surface area contributed by atoms with Crippen molar-refractivity contribution in [3.8, 4) is 0 Å². The van der Waals surface area contributed by atoms with Gasteiger partial charge in [-0.25, -0.2) is 8.42 Å². The number of sulfonamides is 1. The number of hydrogen-bond acceptors (Lipinski definition) is 3. The van der Waals surface area contributed by atoms with Crippen LogP contribution >= 0.6 is 0 Å². The van der Waals surface area contributed by atoms with E-state index in [1.807, 2.05) is 17.9 Å². The van der Waals surface area contributed by atoms with E-state index in [9.17, 15) is 13.2 Å². The first kappa shape index (κ1) is 16.5. The van der Waals surface area contributed by atoms with Crippen molar-refractivity contribution >= 4 is 21.6 Å². The molecule has 0 atom stereocenters. The number of rotatable bonds is 6. The van der Waals surface area contributed by atoms with Crippen LogP contribution in [0.25, 0.3) is 0 Å². The number of nitrogens with zero attached hydrogens (tertiary/aromatic N) is 1. The number of amides is 1. The molecule has 0 radical (unpaired) electrons. The number of para-hydroxylation sites is 1. The standard InChI is InChI=1S/C18H20N2O3S/c1-2-20(16-10-11-16)18(21)14-8-12-17(13-9-14)24(22,23)19-15-6-4-3-5-7-15/h3-9,12-13,16,19H,2,10-11H2,1H3. The van der Waals surface area contributed by atoms with Gasteiger partial charge in [-0.1, -0.05) is 18.2 Å². The third kappa shape index (κ3) is 3.59. The van der Waals surface area contributed by atoms with Crippen LogP contribution in [0.2, 0.25) is 0 Å². The van der Waals surface area contributed by atoms with Crippen LogP contribution in [-0.2, 0) is 10.0 Å². The van der Waals surface area contributed by atoms with Gasteiger partial charge in [0, 0.05) is 23.8 Å². The zero-order valence-corrected chi connectivity index (χ0v) is 14.3. The van der Waals surface area contributed by atoms with Gasteiger partial charge in [0.1, 0.15) is 0 Å². The number of hydrogen-bond donors (Lipinski definition) is 1. The Morgan fingerprint density at radius 3 is 2.25 bits per heavy atom. The molecule has 5 nitrogen and oxygen atoms in total. The zero-order chi connectivity index (χ0) is 17.2. The molecule has 6 heteroatoms. The van der Waals surface area contributed by atoms with E-state index in [0.29, 0.717) is 23.8 Å². The highest BCUT2D eigenvalue weighted by atomic mass is 32.2. The summed E-state index contributed by atoms with van der Waals surface area (Å²) in [5, 5.41) is 0. The summed E-state index contributed by atoms with van der Waals surface area (Å²) in [4.78, 5) is 14.4. The van der Waals surface area contributed by atoms with Crippen LogP contribution in [0.15, 0.2) is 59.5 Å². The van der Waals surface area contributed by atoms with Crippen molar-refractivity contribution in [1.29, 1.82) is 0 Å². The number of carbonyl (C=O) groups is 1. The first-order valence-corrected chi connectivity index (χ1v) is 9.48. The van der Waals surface area contributed by atoms with Gasteiger partial charge in [0.25, 0.3) is 15.9 Å². The molecule has 1 N–H and O–H groups in total. The van der Waals surface area contributed by atoms with Crippen molar-refractivity contribution in [2.75, 3.05) is 11.3 Å². The molecule has 1 aliphatic carbocycles. The molecular formula is C18H20N2O3S. The monoisotopic (exact) mass is 344 g/mol. The van der Waals surface area contributed by atoms with Gasteiger partial charge in [0.05, 0.1) is 4.90 Å². The Kier molecular flexibility index (Phi) is 4.57. The molecule has 1 aliphatic rings. The van der Waals surface area contributed by atoms with E-state index in [2.05, 4.69) is 4.72 Å². The van der Waals surface area contributed by atoms with Crippen molar-refractivity contribution in [2.45, 2.75) is 30.7 Å². The molecule has 126 valence electrons. The van der Waals surface area contributed by atoms with Gasteiger partial charge >= 0.3 is 0 Å². The SMILES string of the molecule is CCN(C(=O)c1ccc(S(=O)(=O)Nc2ccccc2)cc1)C1CC1. The Hall–Kier alpha value is -2.34. The van der Waals surface area contributed by atoms with Crippen LogP contribution < -0.4 is 4.72 Å². The lowest BCUT2D eigenvalue weighted by Crippen LogP contribution is -2.32. The minimum atomic E-state index is -3.66. The molecule has 0 unspecified atom stereocenters. The van der Waals surface area contributed by atoms with Crippen molar-refractivity contribution in [2.24, 2.45) is 0 Å². The van der Waals surface area contributed by atoms with Crippen LogP contribution in [-0.4, -0.2) is 31.8 Å². The number of carbonyl (C=O) groups excluding carboxylic acids is 1. The van der Waals surface area contributed by atoms with E-state index >= 15 is 0 Å². The predicted molar refractivity (Wildman–Crippen MR) is 93.4 cm³/mol. The summed E-state index contributed by atoms with van der Waals surface area (Å²) in [5.74, 6) is -0.0417. The van der Waals surface area contributed by atoms with Crippen molar-refractivity contribution in [1.82, 2.24) is 4.90 Å². The van der Waals surface area contributed by atoms with Gasteiger partial charge in [-0.15, -0.1) is 0 Å². The quantitative estimate of drug-likeness (QED) is 0.875. The topological polar surface area (TPSA) is 66.5 Å².